The van der Waals surface area contributed by atoms with E-state index >= 15 is 0 Å². The average Bonchev–Trinajstić information content (AvgIpc) is 3.27. The molecular formula is C32H32N4O2. The quantitative estimate of drug-likeness (QED) is 0.355. The normalized spacial score (nSPS) is 16.8. The Bertz CT molecular complexity index is 1680. The summed E-state index contributed by atoms with van der Waals surface area (Å²) in [5.74, 6) is 0. The number of hydrogen-bond donors (Lipinski definition) is 1. The number of aromatic amines is 1. The second-order valence-corrected chi connectivity index (χ2v) is 10.3. The minimum absolute atomic E-state index is 0.415. The molecule has 1 aliphatic carbocycles. The lowest BCUT2D eigenvalue weighted by atomic mass is 9.69. The molecule has 5 rings (SSSR count). The molecule has 6 heteroatoms. The highest BCUT2D eigenvalue weighted by molar-refractivity contribution is 6.01. The topological polar surface area (TPSA) is 80.1 Å². The van der Waals surface area contributed by atoms with Crippen molar-refractivity contribution in [1.82, 2.24) is 14.8 Å². The summed E-state index contributed by atoms with van der Waals surface area (Å²) in [5.41, 5.74) is 9.32. The van der Waals surface area contributed by atoms with E-state index in [4.69, 9.17) is 4.99 Å². The number of fused-ring (bicyclic) bond motifs is 1. The highest BCUT2D eigenvalue weighted by atomic mass is 16.2. The van der Waals surface area contributed by atoms with E-state index in [9.17, 15) is 9.59 Å². The number of aromatic nitrogens is 3. The monoisotopic (exact) mass is 504 g/mol. The highest BCUT2D eigenvalue weighted by Crippen LogP contribution is 2.48. The van der Waals surface area contributed by atoms with Gasteiger partial charge < -0.3 is 0 Å². The van der Waals surface area contributed by atoms with Crippen molar-refractivity contribution < 1.29 is 0 Å². The molecule has 1 N–H and O–H groups in total. The molecule has 0 fully saturated rings. The zero-order valence-electron chi connectivity index (χ0n) is 22.5. The summed E-state index contributed by atoms with van der Waals surface area (Å²) in [6.07, 6.45) is 2.99. The molecule has 0 radical (unpaired) electrons. The standard InChI is InChI=1S/C32H32N4O2/c1-20(2)30(25-12-7-6-8-13-25)34-23(5)32(16-15-24-11-9-10-14-27(24)32)29-21(3)17-26(18-22(29)4)36-31(38)35-28(37)19-33-36/h6-14,17-19H,15-16H2,1-5H3,(H,35,37,38). The molecule has 0 aliphatic heterocycles. The van der Waals surface area contributed by atoms with Gasteiger partial charge in [0.25, 0.3) is 5.56 Å². The predicted molar refractivity (Wildman–Crippen MR) is 153 cm³/mol. The van der Waals surface area contributed by atoms with Crippen molar-refractivity contribution in [3.05, 3.63) is 133 Å². The molecular weight excluding hydrogens is 472 g/mol. The lowest BCUT2D eigenvalue weighted by molar-refractivity contribution is 0.660. The highest BCUT2D eigenvalue weighted by Gasteiger charge is 2.44. The number of allylic oxidation sites excluding steroid dienone is 1. The molecule has 0 saturated carbocycles. The molecule has 1 atom stereocenters. The lowest BCUT2D eigenvalue weighted by Crippen LogP contribution is -2.35. The first-order chi connectivity index (χ1) is 18.2. The van der Waals surface area contributed by atoms with Gasteiger partial charge in [0.1, 0.15) is 6.20 Å². The van der Waals surface area contributed by atoms with E-state index in [1.807, 2.05) is 30.3 Å². The van der Waals surface area contributed by atoms with Gasteiger partial charge in [0.2, 0.25) is 0 Å². The Balaban J connectivity index is 1.75. The summed E-state index contributed by atoms with van der Waals surface area (Å²) in [5, 5.41) is 4.07. The molecule has 0 saturated heterocycles. The fraction of sp³-hybridized carbons (Fsp3) is 0.250. The number of aliphatic imine (C=N–C) groups is 1. The molecule has 38 heavy (non-hydrogen) atoms. The van der Waals surface area contributed by atoms with Crippen LogP contribution in [0.5, 0.6) is 0 Å². The zero-order chi connectivity index (χ0) is 27.0. The van der Waals surface area contributed by atoms with E-state index in [0.29, 0.717) is 5.69 Å². The summed E-state index contributed by atoms with van der Waals surface area (Å²) in [7, 11) is 0. The van der Waals surface area contributed by atoms with Crippen LogP contribution >= 0.6 is 0 Å². The van der Waals surface area contributed by atoms with Crippen molar-refractivity contribution in [3.63, 3.8) is 0 Å². The summed E-state index contributed by atoms with van der Waals surface area (Å²) in [6.45, 7) is 10.5. The number of aryl methyl sites for hydroxylation is 3. The van der Waals surface area contributed by atoms with Gasteiger partial charge in [0.15, 0.2) is 0 Å². The van der Waals surface area contributed by atoms with Crippen molar-refractivity contribution >= 4 is 11.4 Å². The van der Waals surface area contributed by atoms with Crippen molar-refractivity contribution in [2.75, 3.05) is 0 Å². The Labute approximate surface area is 222 Å². The molecule has 4 aromatic rings. The van der Waals surface area contributed by atoms with Gasteiger partial charge in [-0.1, -0.05) is 60.2 Å². The minimum Gasteiger partial charge on any atom is -0.271 e. The first-order valence-electron chi connectivity index (χ1n) is 12.9. The molecule has 0 amide bonds. The molecule has 1 unspecified atom stereocenters. The van der Waals surface area contributed by atoms with Crippen LogP contribution in [0, 0.1) is 13.8 Å². The SMILES string of the molecule is CC(=NC(=C(C)C)c1ccccc1)C1(c2c(C)cc(-n3ncc(=O)[nH]c3=O)cc2C)CCc2ccccc21. The maximum atomic E-state index is 12.5. The summed E-state index contributed by atoms with van der Waals surface area (Å²) in [4.78, 5) is 31.7. The molecule has 192 valence electrons. The third-order valence-corrected chi connectivity index (χ3v) is 7.57. The van der Waals surface area contributed by atoms with Gasteiger partial charge in [-0.2, -0.15) is 9.78 Å². The van der Waals surface area contributed by atoms with Crippen LogP contribution in [-0.4, -0.2) is 20.5 Å². The van der Waals surface area contributed by atoms with Gasteiger partial charge in [0.05, 0.1) is 16.8 Å². The number of hydrogen-bond acceptors (Lipinski definition) is 4. The minimum atomic E-state index is -0.557. The fourth-order valence-electron chi connectivity index (χ4n) is 6.03. The summed E-state index contributed by atoms with van der Waals surface area (Å²) >= 11 is 0. The fourth-order valence-corrected chi connectivity index (χ4v) is 6.03. The van der Waals surface area contributed by atoms with E-state index in [2.05, 4.69) is 81.1 Å². The Hall–Kier alpha value is -4.32. The van der Waals surface area contributed by atoms with E-state index in [1.165, 1.54) is 21.4 Å². The average molecular weight is 505 g/mol. The predicted octanol–water partition coefficient (Wildman–Crippen LogP) is 5.68. The third kappa shape index (κ3) is 4.26. The van der Waals surface area contributed by atoms with Crippen molar-refractivity contribution in [2.45, 2.75) is 52.9 Å². The summed E-state index contributed by atoms with van der Waals surface area (Å²) < 4.78 is 1.23. The Kier molecular flexibility index (Phi) is 6.57. The first-order valence-corrected chi connectivity index (χ1v) is 12.9. The zero-order valence-corrected chi connectivity index (χ0v) is 22.5. The molecule has 3 aromatic carbocycles. The van der Waals surface area contributed by atoms with E-state index in [0.717, 1.165) is 52.7 Å². The second kappa shape index (κ2) is 9.86. The maximum Gasteiger partial charge on any atom is 0.349 e. The smallest absolute Gasteiger partial charge is 0.271 e. The Morgan fingerprint density at radius 1 is 0.947 bits per heavy atom. The van der Waals surface area contributed by atoms with Crippen LogP contribution in [0.15, 0.2) is 93.1 Å². The second-order valence-electron chi connectivity index (χ2n) is 10.3. The van der Waals surface area contributed by atoms with E-state index in [-0.39, 0.29) is 0 Å². The van der Waals surface area contributed by atoms with Crippen molar-refractivity contribution in [2.24, 2.45) is 4.99 Å². The lowest BCUT2D eigenvalue weighted by Gasteiger charge is -2.35. The van der Waals surface area contributed by atoms with Crippen LogP contribution in [0.25, 0.3) is 11.4 Å². The van der Waals surface area contributed by atoms with Crippen LogP contribution in [0.3, 0.4) is 0 Å². The molecule has 6 nitrogen and oxygen atoms in total. The maximum absolute atomic E-state index is 12.5. The largest absolute Gasteiger partial charge is 0.349 e. The summed E-state index contributed by atoms with van der Waals surface area (Å²) in [6, 6.07) is 22.9. The Morgan fingerprint density at radius 2 is 1.61 bits per heavy atom. The number of benzene rings is 3. The van der Waals surface area contributed by atoms with Crippen LogP contribution in [0.1, 0.15) is 60.6 Å². The number of H-pyrrole nitrogens is 1. The van der Waals surface area contributed by atoms with Gasteiger partial charge in [0, 0.05) is 11.3 Å². The first kappa shape index (κ1) is 25.3. The molecule has 1 heterocycles. The van der Waals surface area contributed by atoms with Crippen molar-refractivity contribution in [1.29, 1.82) is 0 Å². The number of nitrogens with one attached hydrogen (secondary N) is 1. The molecule has 1 aliphatic rings. The van der Waals surface area contributed by atoms with Gasteiger partial charge in [-0.25, -0.2) is 4.79 Å². The van der Waals surface area contributed by atoms with Crippen LogP contribution in [-0.2, 0) is 11.8 Å². The van der Waals surface area contributed by atoms with Crippen molar-refractivity contribution in [3.8, 4) is 5.69 Å². The number of nitrogens with zero attached hydrogens (tertiary/aromatic N) is 3. The van der Waals surface area contributed by atoms with E-state index in [1.54, 1.807) is 0 Å². The number of rotatable bonds is 5. The van der Waals surface area contributed by atoms with Gasteiger partial charge in [-0.3, -0.25) is 14.8 Å². The van der Waals surface area contributed by atoms with Gasteiger partial charge in [-0.05, 0) is 87.4 Å². The van der Waals surface area contributed by atoms with Crippen LogP contribution in [0.2, 0.25) is 0 Å². The Morgan fingerprint density at radius 3 is 2.26 bits per heavy atom. The molecule has 1 aromatic heterocycles. The third-order valence-electron chi connectivity index (χ3n) is 7.57. The van der Waals surface area contributed by atoms with Crippen LogP contribution < -0.4 is 11.2 Å². The van der Waals surface area contributed by atoms with Crippen LogP contribution in [0.4, 0.5) is 0 Å². The molecule has 0 bridgehead atoms. The van der Waals surface area contributed by atoms with Gasteiger partial charge in [-0.15, -0.1) is 0 Å². The van der Waals surface area contributed by atoms with E-state index < -0.39 is 16.7 Å². The molecule has 0 spiro atoms. The van der Waals surface area contributed by atoms with Gasteiger partial charge >= 0.3 is 5.69 Å².